The number of nitrogens with zero attached hydrogens (tertiary/aromatic N) is 1. The van der Waals surface area contributed by atoms with Gasteiger partial charge in [0.25, 0.3) is 0 Å². The summed E-state index contributed by atoms with van der Waals surface area (Å²) in [7, 11) is 1.69. The molecule has 2 aromatic rings. The number of ether oxygens (including phenoxy) is 1. The molecule has 0 aliphatic rings. The Morgan fingerprint density at radius 3 is 2.94 bits per heavy atom. The van der Waals surface area contributed by atoms with Crippen LogP contribution in [0.5, 0.6) is 5.06 Å². The summed E-state index contributed by atoms with van der Waals surface area (Å²) in [5.41, 5.74) is 1.20. The molecule has 0 atom stereocenters. The molecular formula is C12H14N2OS. The second-order valence-corrected chi connectivity index (χ2v) is 4.52. The average Bonchev–Trinajstić information content (AvgIpc) is 2.78. The molecule has 2 heterocycles. The monoisotopic (exact) mass is 234 g/mol. The summed E-state index contributed by atoms with van der Waals surface area (Å²) in [6.07, 6.45) is 3.66. The third-order valence-electron chi connectivity index (χ3n) is 2.19. The molecule has 0 saturated heterocycles. The molecule has 0 fully saturated rings. The highest BCUT2D eigenvalue weighted by atomic mass is 32.1. The Balaban J connectivity index is 1.80. The molecule has 0 spiro atoms. The Hall–Kier alpha value is -1.39. The van der Waals surface area contributed by atoms with Gasteiger partial charge in [0.05, 0.1) is 7.11 Å². The van der Waals surface area contributed by atoms with Crippen molar-refractivity contribution in [3.05, 3.63) is 47.1 Å². The summed E-state index contributed by atoms with van der Waals surface area (Å²) in [5.74, 6) is 0. The van der Waals surface area contributed by atoms with E-state index < -0.39 is 0 Å². The molecule has 1 N–H and O–H groups in total. The van der Waals surface area contributed by atoms with E-state index in [2.05, 4.69) is 22.4 Å². The second-order valence-electron chi connectivity index (χ2n) is 3.39. The maximum absolute atomic E-state index is 5.14. The lowest BCUT2D eigenvalue weighted by molar-refractivity contribution is 0.427. The van der Waals surface area contributed by atoms with Gasteiger partial charge in [0.2, 0.25) is 0 Å². The van der Waals surface area contributed by atoms with Crippen LogP contribution in [0.25, 0.3) is 0 Å². The summed E-state index contributed by atoms with van der Waals surface area (Å²) in [6, 6.07) is 8.09. The largest absolute Gasteiger partial charge is 0.487 e. The van der Waals surface area contributed by atoms with Gasteiger partial charge in [0.1, 0.15) is 0 Å². The fourth-order valence-corrected chi connectivity index (χ4v) is 2.18. The standard InChI is InChI=1S/C12H14N2OS/c1-15-12-5-4-11(16-12)9-14-8-10-3-2-6-13-7-10/h2-7,14H,8-9H2,1H3. The second kappa shape index (κ2) is 5.63. The lowest BCUT2D eigenvalue weighted by Gasteiger charge is -2.02. The van der Waals surface area contributed by atoms with Crippen LogP contribution >= 0.6 is 11.3 Å². The SMILES string of the molecule is COc1ccc(CNCc2cccnc2)s1. The summed E-state index contributed by atoms with van der Waals surface area (Å²) >= 11 is 1.67. The van der Waals surface area contributed by atoms with Gasteiger partial charge in [-0.3, -0.25) is 4.98 Å². The molecule has 0 radical (unpaired) electrons. The van der Waals surface area contributed by atoms with E-state index in [0.717, 1.165) is 18.2 Å². The molecule has 0 aromatic carbocycles. The fraction of sp³-hybridized carbons (Fsp3) is 0.250. The van der Waals surface area contributed by atoms with Crippen molar-refractivity contribution in [2.75, 3.05) is 7.11 Å². The molecule has 4 heteroatoms. The molecule has 0 aliphatic carbocycles. The highest BCUT2D eigenvalue weighted by Gasteiger charge is 1.99. The number of pyridine rings is 1. The minimum absolute atomic E-state index is 0.841. The maximum Gasteiger partial charge on any atom is 0.173 e. The zero-order valence-electron chi connectivity index (χ0n) is 9.14. The molecule has 0 saturated carbocycles. The van der Waals surface area contributed by atoms with Crippen molar-refractivity contribution in [2.24, 2.45) is 0 Å². The van der Waals surface area contributed by atoms with E-state index in [0.29, 0.717) is 0 Å². The number of rotatable bonds is 5. The lowest BCUT2D eigenvalue weighted by Crippen LogP contribution is -2.11. The summed E-state index contributed by atoms with van der Waals surface area (Å²) in [6.45, 7) is 1.71. The van der Waals surface area contributed by atoms with Crippen molar-refractivity contribution in [1.82, 2.24) is 10.3 Å². The lowest BCUT2D eigenvalue weighted by atomic mass is 10.3. The minimum atomic E-state index is 0.841. The number of methoxy groups -OCH3 is 1. The number of thiophene rings is 1. The van der Waals surface area contributed by atoms with Gasteiger partial charge < -0.3 is 10.1 Å². The van der Waals surface area contributed by atoms with Gasteiger partial charge in [0, 0.05) is 30.4 Å². The normalized spacial score (nSPS) is 10.3. The van der Waals surface area contributed by atoms with Gasteiger partial charge in [-0.2, -0.15) is 0 Å². The Labute approximate surface area is 99.1 Å². The van der Waals surface area contributed by atoms with Crippen LogP contribution in [0, 0.1) is 0 Å². The van der Waals surface area contributed by atoms with Crippen molar-refractivity contribution >= 4 is 11.3 Å². The third kappa shape index (κ3) is 3.05. The van der Waals surface area contributed by atoms with Crippen molar-refractivity contribution in [3.8, 4) is 5.06 Å². The minimum Gasteiger partial charge on any atom is -0.487 e. The van der Waals surface area contributed by atoms with E-state index in [4.69, 9.17) is 4.74 Å². The molecular weight excluding hydrogens is 220 g/mol. The Kier molecular flexibility index (Phi) is 3.91. The maximum atomic E-state index is 5.14. The molecule has 0 unspecified atom stereocenters. The number of hydrogen-bond acceptors (Lipinski definition) is 4. The predicted octanol–water partition coefficient (Wildman–Crippen LogP) is 2.44. The number of nitrogens with one attached hydrogen (secondary N) is 1. The smallest absolute Gasteiger partial charge is 0.173 e. The Morgan fingerprint density at radius 1 is 1.31 bits per heavy atom. The summed E-state index contributed by atoms with van der Waals surface area (Å²) in [4.78, 5) is 5.35. The van der Waals surface area contributed by atoms with Gasteiger partial charge in [-0.05, 0) is 23.8 Å². The zero-order valence-corrected chi connectivity index (χ0v) is 9.96. The quantitative estimate of drug-likeness (QED) is 0.862. The first-order chi connectivity index (χ1) is 7.88. The third-order valence-corrected chi connectivity index (χ3v) is 3.24. The molecule has 84 valence electrons. The molecule has 0 bridgehead atoms. The first-order valence-electron chi connectivity index (χ1n) is 5.11. The van der Waals surface area contributed by atoms with Crippen molar-refractivity contribution in [1.29, 1.82) is 0 Å². The van der Waals surface area contributed by atoms with Crippen LogP contribution in [0.4, 0.5) is 0 Å². The van der Waals surface area contributed by atoms with Gasteiger partial charge in [0.15, 0.2) is 5.06 Å². The van der Waals surface area contributed by atoms with E-state index >= 15 is 0 Å². The average molecular weight is 234 g/mol. The van der Waals surface area contributed by atoms with E-state index in [-0.39, 0.29) is 0 Å². The van der Waals surface area contributed by atoms with Crippen LogP contribution in [-0.2, 0) is 13.1 Å². The number of aromatic nitrogens is 1. The van der Waals surface area contributed by atoms with Gasteiger partial charge in [-0.25, -0.2) is 0 Å². The van der Waals surface area contributed by atoms with Gasteiger partial charge >= 0.3 is 0 Å². The van der Waals surface area contributed by atoms with E-state index in [1.807, 2.05) is 18.3 Å². The number of hydrogen-bond donors (Lipinski definition) is 1. The van der Waals surface area contributed by atoms with Crippen LogP contribution < -0.4 is 10.1 Å². The predicted molar refractivity (Wildman–Crippen MR) is 65.7 cm³/mol. The molecule has 2 rings (SSSR count). The molecule has 0 aliphatic heterocycles. The van der Waals surface area contributed by atoms with E-state index in [1.165, 1.54) is 10.4 Å². The van der Waals surface area contributed by atoms with E-state index in [9.17, 15) is 0 Å². The van der Waals surface area contributed by atoms with Crippen molar-refractivity contribution in [3.63, 3.8) is 0 Å². The first kappa shape index (κ1) is 11.1. The van der Waals surface area contributed by atoms with Crippen LogP contribution in [0.1, 0.15) is 10.4 Å². The van der Waals surface area contributed by atoms with Crippen LogP contribution in [-0.4, -0.2) is 12.1 Å². The first-order valence-corrected chi connectivity index (χ1v) is 5.92. The Bertz CT molecular complexity index is 428. The van der Waals surface area contributed by atoms with Crippen molar-refractivity contribution in [2.45, 2.75) is 13.1 Å². The van der Waals surface area contributed by atoms with E-state index in [1.54, 1.807) is 24.6 Å². The Morgan fingerprint density at radius 2 is 2.25 bits per heavy atom. The molecule has 16 heavy (non-hydrogen) atoms. The fourth-order valence-electron chi connectivity index (χ4n) is 1.40. The summed E-state index contributed by atoms with van der Waals surface area (Å²) in [5, 5.41) is 4.33. The van der Waals surface area contributed by atoms with Crippen molar-refractivity contribution < 1.29 is 4.74 Å². The van der Waals surface area contributed by atoms with Gasteiger partial charge in [-0.1, -0.05) is 6.07 Å². The van der Waals surface area contributed by atoms with Crippen LogP contribution in [0.15, 0.2) is 36.7 Å². The topological polar surface area (TPSA) is 34.1 Å². The highest BCUT2D eigenvalue weighted by Crippen LogP contribution is 2.23. The van der Waals surface area contributed by atoms with Gasteiger partial charge in [-0.15, -0.1) is 11.3 Å². The molecule has 2 aromatic heterocycles. The zero-order chi connectivity index (χ0) is 11.2. The highest BCUT2D eigenvalue weighted by molar-refractivity contribution is 7.13. The van der Waals surface area contributed by atoms with Crippen LogP contribution in [0.2, 0.25) is 0 Å². The summed E-state index contributed by atoms with van der Waals surface area (Å²) < 4.78 is 5.14. The van der Waals surface area contributed by atoms with Crippen LogP contribution in [0.3, 0.4) is 0 Å². The molecule has 0 amide bonds. The molecule has 3 nitrogen and oxygen atoms in total.